The van der Waals surface area contributed by atoms with Gasteiger partial charge in [0.25, 0.3) is 10.1 Å². The summed E-state index contributed by atoms with van der Waals surface area (Å²) in [4.78, 5) is 2.78. The van der Waals surface area contributed by atoms with E-state index in [1.165, 1.54) is 11.1 Å². The molecule has 0 spiro atoms. The lowest BCUT2D eigenvalue weighted by Gasteiger charge is -2.47. The summed E-state index contributed by atoms with van der Waals surface area (Å²) in [6.07, 6.45) is 3.63. The zero-order valence-corrected chi connectivity index (χ0v) is 23.6. The van der Waals surface area contributed by atoms with Gasteiger partial charge >= 0.3 is 0 Å². The Morgan fingerprint density at radius 2 is 1.73 bits per heavy atom. The van der Waals surface area contributed by atoms with Crippen LogP contribution in [-0.2, 0) is 25.5 Å². The van der Waals surface area contributed by atoms with Crippen LogP contribution in [0, 0.1) is 18.8 Å². The molecule has 0 amide bonds. The predicted molar refractivity (Wildman–Crippen MR) is 144 cm³/mol. The second kappa shape index (κ2) is 12.2. The number of nitrogens with zero attached hydrogens (tertiary/aromatic N) is 1. The van der Waals surface area contributed by atoms with Gasteiger partial charge in [0.15, 0.2) is 11.5 Å². The van der Waals surface area contributed by atoms with Gasteiger partial charge in [-0.05, 0) is 79.8 Å². The molecule has 7 nitrogen and oxygen atoms in total. The topological polar surface area (TPSA) is 74.3 Å². The summed E-state index contributed by atoms with van der Waals surface area (Å²) < 4.78 is 47.8. The molecule has 204 valence electrons. The molecule has 0 aliphatic carbocycles. The van der Waals surface area contributed by atoms with Gasteiger partial charge in [-0.1, -0.05) is 31.5 Å². The van der Waals surface area contributed by atoms with E-state index in [0.29, 0.717) is 24.9 Å². The van der Waals surface area contributed by atoms with E-state index in [1.54, 1.807) is 38.5 Å². The Bertz CT molecular complexity index is 1150. The summed E-state index contributed by atoms with van der Waals surface area (Å²) in [6.45, 7) is 9.04. The summed E-state index contributed by atoms with van der Waals surface area (Å²) in [7, 11) is -0.400. The van der Waals surface area contributed by atoms with E-state index >= 15 is 0 Å². The van der Waals surface area contributed by atoms with Gasteiger partial charge in [-0.25, -0.2) is 0 Å². The van der Waals surface area contributed by atoms with Crippen molar-refractivity contribution >= 4 is 10.1 Å². The standard InChI is InChI=1S/C29H41NO6S/c1-20(2)15-23-19-30-12-11-22-16-28(33-4)29(34-5)17-25(22)26(30)18-27(23)35-13-6-14-36-37(31,32)24-9-7-21(3)8-10-24/h7-10,16-17,20,23,26-27H,6,11-15,18-19H2,1-5H3/t23-,26-,27-/m1/s1. The zero-order valence-electron chi connectivity index (χ0n) is 22.7. The van der Waals surface area contributed by atoms with Crippen molar-refractivity contribution in [3.8, 4) is 11.5 Å². The maximum atomic E-state index is 12.5. The normalized spacial score (nSPS) is 21.9. The van der Waals surface area contributed by atoms with Crippen LogP contribution in [-0.4, -0.2) is 59.9 Å². The third kappa shape index (κ3) is 6.66. The minimum atomic E-state index is -3.76. The number of fused-ring (bicyclic) bond motifs is 3. The maximum Gasteiger partial charge on any atom is 0.296 e. The van der Waals surface area contributed by atoms with Crippen LogP contribution in [0.15, 0.2) is 41.3 Å². The fraction of sp³-hybridized carbons (Fsp3) is 0.586. The minimum Gasteiger partial charge on any atom is -0.493 e. The number of rotatable bonds is 11. The van der Waals surface area contributed by atoms with Crippen molar-refractivity contribution in [2.75, 3.05) is 40.5 Å². The second-order valence-corrected chi connectivity index (χ2v) is 12.3. The molecule has 1 fully saturated rings. The van der Waals surface area contributed by atoms with Crippen molar-refractivity contribution in [3.05, 3.63) is 53.1 Å². The van der Waals surface area contributed by atoms with Gasteiger partial charge in [0, 0.05) is 25.7 Å². The Balaban J connectivity index is 1.39. The van der Waals surface area contributed by atoms with E-state index in [9.17, 15) is 8.42 Å². The Morgan fingerprint density at radius 3 is 2.41 bits per heavy atom. The lowest BCUT2D eigenvalue weighted by Crippen LogP contribution is -2.49. The molecular formula is C29H41NO6S. The van der Waals surface area contributed by atoms with Gasteiger partial charge in [0.05, 0.1) is 31.8 Å². The lowest BCUT2D eigenvalue weighted by molar-refractivity contribution is -0.0657. The summed E-state index contributed by atoms with van der Waals surface area (Å²) in [5.74, 6) is 2.56. The first-order valence-corrected chi connectivity index (χ1v) is 14.7. The van der Waals surface area contributed by atoms with Crippen LogP contribution in [0.4, 0.5) is 0 Å². The number of aryl methyl sites for hydroxylation is 1. The minimum absolute atomic E-state index is 0.104. The highest BCUT2D eigenvalue weighted by atomic mass is 32.2. The number of ether oxygens (including phenoxy) is 3. The summed E-state index contributed by atoms with van der Waals surface area (Å²) in [5, 5.41) is 0. The van der Waals surface area contributed by atoms with Crippen molar-refractivity contribution in [1.82, 2.24) is 4.90 Å². The number of hydrogen-bond acceptors (Lipinski definition) is 7. The van der Waals surface area contributed by atoms with Crippen LogP contribution in [0.2, 0.25) is 0 Å². The fourth-order valence-corrected chi connectivity index (χ4v) is 6.62. The molecule has 2 aromatic rings. The number of hydrogen-bond donors (Lipinski definition) is 0. The van der Waals surface area contributed by atoms with Crippen LogP contribution < -0.4 is 9.47 Å². The van der Waals surface area contributed by atoms with Gasteiger partial charge in [0.2, 0.25) is 0 Å². The van der Waals surface area contributed by atoms with E-state index in [2.05, 4.69) is 30.9 Å². The Labute approximate surface area is 222 Å². The monoisotopic (exact) mass is 531 g/mol. The van der Waals surface area contributed by atoms with Crippen LogP contribution in [0.3, 0.4) is 0 Å². The molecule has 2 aliphatic rings. The molecule has 2 aliphatic heterocycles. The molecule has 8 heteroatoms. The maximum absolute atomic E-state index is 12.5. The predicted octanol–water partition coefficient (Wildman–Crippen LogP) is 5.16. The molecule has 0 aromatic heterocycles. The molecule has 37 heavy (non-hydrogen) atoms. The first-order valence-electron chi connectivity index (χ1n) is 13.3. The molecule has 4 rings (SSSR count). The third-order valence-electron chi connectivity index (χ3n) is 7.51. The molecule has 2 heterocycles. The van der Waals surface area contributed by atoms with Crippen molar-refractivity contribution < 1.29 is 26.8 Å². The molecule has 3 atom stereocenters. The molecule has 1 saturated heterocycles. The van der Waals surface area contributed by atoms with Gasteiger partial charge in [0.1, 0.15) is 0 Å². The second-order valence-electron chi connectivity index (χ2n) is 10.6. The third-order valence-corrected chi connectivity index (χ3v) is 8.83. The lowest BCUT2D eigenvalue weighted by atomic mass is 9.79. The molecule has 0 radical (unpaired) electrons. The molecule has 0 bridgehead atoms. The molecular weight excluding hydrogens is 490 g/mol. The van der Waals surface area contributed by atoms with Crippen molar-refractivity contribution in [2.45, 2.75) is 63.5 Å². The van der Waals surface area contributed by atoms with Gasteiger partial charge in [-0.15, -0.1) is 0 Å². The number of benzene rings is 2. The fourth-order valence-electron chi connectivity index (χ4n) is 5.68. The zero-order chi connectivity index (χ0) is 26.6. The Hall–Kier alpha value is -2.13. The Kier molecular flexibility index (Phi) is 9.16. The quantitative estimate of drug-likeness (QED) is 0.293. The first kappa shape index (κ1) is 27.9. The summed E-state index contributed by atoms with van der Waals surface area (Å²) in [6, 6.07) is 11.2. The van der Waals surface area contributed by atoms with E-state index in [4.69, 9.17) is 18.4 Å². The number of piperidine rings is 1. The van der Waals surface area contributed by atoms with Crippen molar-refractivity contribution in [1.29, 1.82) is 0 Å². The average Bonchev–Trinajstić information content (AvgIpc) is 2.87. The van der Waals surface area contributed by atoms with Gasteiger partial charge in [-0.3, -0.25) is 9.08 Å². The molecule has 0 saturated carbocycles. The van der Waals surface area contributed by atoms with E-state index < -0.39 is 10.1 Å². The van der Waals surface area contributed by atoms with Gasteiger partial charge < -0.3 is 14.2 Å². The molecule has 2 aromatic carbocycles. The van der Waals surface area contributed by atoms with Gasteiger partial charge in [-0.2, -0.15) is 8.42 Å². The first-order chi connectivity index (χ1) is 17.7. The highest BCUT2D eigenvalue weighted by Gasteiger charge is 2.40. The molecule has 0 N–H and O–H groups in total. The summed E-state index contributed by atoms with van der Waals surface area (Å²) in [5.41, 5.74) is 3.62. The van der Waals surface area contributed by atoms with E-state index in [0.717, 1.165) is 49.4 Å². The van der Waals surface area contributed by atoms with Crippen molar-refractivity contribution in [2.24, 2.45) is 11.8 Å². The highest BCUT2D eigenvalue weighted by Crippen LogP contribution is 2.44. The van der Waals surface area contributed by atoms with Crippen LogP contribution >= 0.6 is 0 Å². The molecule has 0 unspecified atom stereocenters. The Morgan fingerprint density at radius 1 is 1.03 bits per heavy atom. The average molecular weight is 532 g/mol. The van der Waals surface area contributed by atoms with Crippen LogP contribution in [0.25, 0.3) is 0 Å². The SMILES string of the molecule is COc1cc2c(cc1OC)[C@H]1C[C@@H](OCCCOS(=O)(=O)c3ccc(C)cc3)[C@H](CC(C)C)CN1CC2. The van der Waals surface area contributed by atoms with Crippen molar-refractivity contribution in [3.63, 3.8) is 0 Å². The van der Waals surface area contributed by atoms with Crippen LogP contribution in [0.1, 0.15) is 55.8 Å². The summed E-state index contributed by atoms with van der Waals surface area (Å²) >= 11 is 0. The van der Waals surface area contributed by atoms with E-state index in [1.807, 2.05) is 6.92 Å². The largest absolute Gasteiger partial charge is 0.493 e. The number of methoxy groups -OCH3 is 2. The highest BCUT2D eigenvalue weighted by molar-refractivity contribution is 7.86. The smallest absolute Gasteiger partial charge is 0.296 e. The van der Waals surface area contributed by atoms with Crippen LogP contribution in [0.5, 0.6) is 11.5 Å². The van der Waals surface area contributed by atoms with E-state index in [-0.39, 0.29) is 23.6 Å².